The van der Waals surface area contributed by atoms with Crippen LogP contribution in [0.3, 0.4) is 0 Å². The van der Waals surface area contributed by atoms with Crippen LogP contribution in [0.4, 0.5) is 0 Å². The molecule has 0 spiro atoms. The molecule has 1 atom stereocenters. The Bertz CT molecular complexity index is 547. The second-order valence-electron chi connectivity index (χ2n) is 4.97. The van der Waals surface area contributed by atoms with Crippen LogP contribution in [0.15, 0.2) is 29.4 Å². The molecule has 1 aliphatic rings. The van der Waals surface area contributed by atoms with E-state index >= 15 is 0 Å². The molecular formula is C15H21N3O4. The smallest absolute Gasteiger partial charge is 0.263 e. The van der Waals surface area contributed by atoms with E-state index in [1.54, 1.807) is 24.1 Å². The Morgan fingerprint density at radius 2 is 2.27 bits per heavy atom. The van der Waals surface area contributed by atoms with Crippen LogP contribution in [0.25, 0.3) is 0 Å². The fraction of sp³-hybridized carbons (Fsp3) is 0.467. The minimum atomic E-state index is -0.150. The van der Waals surface area contributed by atoms with Gasteiger partial charge in [0.05, 0.1) is 25.4 Å². The highest BCUT2D eigenvalue weighted by Crippen LogP contribution is 2.16. The van der Waals surface area contributed by atoms with E-state index in [9.17, 15) is 4.79 Å². The van der Waals surface area contributed by atoms with Gasteiger partial charge in [-0.3, -0.25) is 4.79 Å². The lowest BCUT2D eigenvalue weighted by molar-refractivity contribution is -0.142. The van der Waals surface area contributed by atoms with Crippen molar-refractivity contribution in [2.45, 2.75) is 13.0 Å². The van der Waals surface area contributed by atoms with Crippen molar-refractivity contribution < 1.29 is 19.1 Å². The zero-order chi connectivity index (χ0) is 15.9. The lowest BCUT2D eigenvalue weighted by Crippen LogP contribution is -2.45. The molecule has 1 aromatic rings. The summed E-state index contributed by atoms with van der Waals surface area (Å²) < 4.78 is 10.6. The normalized spacial score (nSPS) is 18.9. The van der Waals surface area contributed by atoms with Gasteiger partial charge < -0.3 is 24.9 Å². The molecule has 1 unspecified atom stereocenters. The third-order valence-electron chi connectivity index (χ3n) is 3.33. The second kappa shape index (κ2) is 7.65. The van der Waals surface area contributed by atoms with Gasteiger partial charge in [0.15, 0.2) is 12.4 Å². The maximum atomic E-state index is 12.0. The summed E-state index contributed by atoms with van der Waals surface area (Å²) in [6, 6.07) is 7.20. The Balaban J connectivity index is 1.90. The van der Waals surface area contributed by atoms with Crippen LogP contribution in [-0.2, 0) is 14.4 Å². The molecule has 0 aliphatic carbocycles. The summed E-state index contributed by atoms with van der Waals surface area (Å²) in [5.41, 5.74) is 6.48. The molecule has 7 nitrogen and oxygen atoms in total. The van der Waals surface area contributed by atoms with Gasteiger partial charge in [-0.2, -0.15) is 0 Å². The van der Waals surface area contributed by atoms with E-state index in [2.05, 4.69) is 5.16 Å². The predicted octanol–water partition coefficient (Wildman–Crippen LogP) is 0.579. The fourth-order valence-corrected chi connectivity index (χ4v) is 2.20. The van der Waals surface area contributed by atoms with E-state index in [1.165, 1.54) is 0 Å². The molecule has 0 aromatic heterocycles. The summed E-state index contributed by atoms with van der Waals surface area (Å²) in [6.45, 7) is 3.45. The number of oxime groups is 1. The van der Waals surface area contributed by atoms with Crippen molar-refractivity contribution in [3.05, 3.63) is 29.8 Å². The van der Waals surface area contributed by atoms with Crippen molar-refractivity contribution in [2.75, 3.05) is 33.4 Å². The molecule has 1 aliphatic heterocycles. The highest BCUT2D eigenvalue weighted by Gasteiger charge is 2.21. The zero-order valence-corrected chi connectivity index (χ0v) is 12.8. The maximum Gasteiger partial charge on any atom is 0.263 e. The summed E-state index contributed by atoms with van der Waals surface area (Å²) >= 11 is 0. The summed E-state index contributed by atoms with van der Waals surface area (Å²) in [4.78, 5) is 18.8. The summed E-state index contributed by atoms with van der Waals surface area (Å²) in [7, 11) is 1.55. The number of amides is 1. The van der Waals surface area contributed by atoms with Gasteiger partial charge in [0.25, 0.3) is 5.91 Å². The number of hydrogen-bond acceptors (Lipinski definition) is 5. The molecule has 120 valence electrons. The number of amidine groups is 1. The molecule has 1 saturated heterocycles. The second-order valence-corrected chi connectivity index (χ2v) is 4.97. The Morgan fingerprint density at radius 3 is 3.00 bits per heavy atom. The third kappa shape index (κ3) is 4.11. The quantitative estimate of drug-likeness (QED) is 0.488. The molecule has 1 heterocycles. The number of morpholine rings is 1. The molecule has 2 rings (SSSR count). The van der Waals surface area contributed by atoms with E-state index in [0.717, 1.165) is 0 Å². The number of benzene rings is 1. The molecule has 22 heavy (non-hydrogen) atoms. The monoisotopic (exact) mass is 307 g/mol. The third-order valence-corrected chi connectivity index (χ3v) is 3.33. The lowest BCUT2D eigenvalue weighted by atomic mass is 10.2. The number of nitrogens with zero attached hydrogens (tertiary/aromatic N) is 2. The molecule has 0 radical (unpaired) electrons. The van der Waals surface area contributed by atoms with E-state index < -0.39 is 0 Å². The van der Waals surface area contributed by atoms with Gasteiger partial charge in [-0.15, -0.1) is 0 Å². The Kier molecular flexibility index (Phi) is 5.60. The highest BCUT2D eigenvalue weighted by molar-refractivity contribution is 5.99. The van der Waals surface area contributed by atoms with Crippen LogP contribution in [0, 0.1) is 0 Å². The number of para-hydroxylation sites is 1. The van der Waals surface area contributed by atoms with Crippen molar-refractivity contribution in [2.24, 2.45) is 10.9 Å². The minimum Gasteiger partial charge on any atom is -0.496 e. The predicted molar refractivity (Wildman–Crippen MR) is 81.7 cm³/mol. The number of ether oxygens (including phenoxy) is 2. The lowest BCUT2D eigenvalue weighted by Gasteiger charge is -2.30. The van der Waals surface area contributed by atoms with Crippen LogP contribution in [0.5, 0.6) is 5.75 Å². The van der Waals surface area contributed by atoms with Gasteiger partial charge in [0.2, 0.25) is 0 Å². The number of methoxy groups -OCH3 is 1. The van der Waals surface area contributed by atoms with Gasteiger partial charge >= 0.3 is 0 Å². The first-order valence-corrected chi connectivity index (χ1v) is 7.10. The van der Waals surface area contributed by atoms with Crippen LogP contribution < -0.4 is 10.5 Å². The highest BCUT2D eigenvalue weighted by atomic mass is 16.6. The molecule has 1 fully saturated rings. The van der Waals surface area contributed by atoms with E-state index in [1.807, 2.05) is 19.1 Å². The van der Waals surface area contributed by atoms with Gasteiger partial charge in [-0.1, -0.05) is 17.3 Å². The van der Waals surface area contributed by atoms with Crippen LogP contribution in [0.2, 0.25) is 0 Å². The first-order chi connectivity index (χ1) is 10.6. The average Bonchev–Trinajstić information content (AvgIpc) is 2.54. The maximum absolute atomic E-state index is 12.0. The summed E-state index contributed by atoms with van der Waals surface area (Å²) in [6.07, 6.45) is 0.0415. The van der Waals surface area contributed by atoms with E-state index in [0.29, 0.717) is 31.0 Å². The van der Waals surface area contributed by atoms with Crippen molar-refractivity contribution >= 4 is 11.7 Å². The Labute approximate surface area is 129 Å². The molecule has 7 heteroatoms. The van der Waals surface area contributed by atoms with Gasteiger partial charge in [-0.25, -0.2) is 0 Å². The number of nitrogens with two attached hydrogens (primary N) is 1. The van der Waals surface area contributed by atoms with Crippen molar-refractivity contribution in [3.63, 3.8) is 0 Å². The van der Waals surface area contributed by atoms with Crippen LogP contribution in [-0.4, -0.2) is 56.2 Å². The first-order valence-electron chi connectivity index (χ1n) is 7.10. The minimum absolute atomic E-state index is 0.0415. The molecule has 2 N–H and O–H groups in total. The van der Waals surface area contributed by atoms with Gasteiger partial charge in [-0.05, 0) is 19.1 Å². The summed E-state index contributed by atoms with van der Waals surface area (Å²) in [5, 5.41) is 3.79. The number of carbonyl (C=O) groups excluding carboxylic acids is 1. The van der Waals surface area contributed by atoms with Crippen molar-refractivity contribution in [1.29, 1.82) is 0 Å². The van der Waals surface area contributed by atoms with Crippen LogP contribution in [0.1, 0.15) is 12.5 Å². The molecule has 1 aromatic carbocycles. The zero-order valence-electron chi connectivity index (χ0n) is 12.8. The SMILES string of the molecule is COc1ccccc1/C(N)=N/OCC(=O)N1CCOC(C)C1. The number of carbonyl (C=O) groups is 1. The molecule has 1 amide bonds. The fourth-order valence-electron chi connectivity index (χ4n) is 2.20. The van der Waals surface area contributed by atoms with Gasteiger partial charge in [0.1, 0.15) is 5.75 Å². The van der Waals surface area contributed by atoms with Gasteiger partial charge in [0, 0.05) is 13.1 Å². The average molecular weight is 307 g/mol. The Hall–Kier alpha value is -2.28. The summed E-state index contributed by atoms with van der Waals surface area (Å²) in [5.74, 6) is 0.632. The Morgan fingerprint density at radius 1 is 1.50 bits per heavy atom. The topological polar surface area (TPSA) is 86.4 Å². The van der Waals surface area contributed by atoms with E-state index in [4.69, 9.17) is 20.0 Å². The van der Waals surface area contributed by atoms with Crippen LogP contribution >= 0.6 is 0 Å². The first kappa shape index (κ1) is 16.1. The number of hydrogen-bond donors (Lipinski definition) is 1. The molecule has 0 bridgehead atoms. The van der Waals surface area contributed by atoms with E-state index in [-0.39, 0.29) is 24.5 Å². The largest absolute Gasteiger partial charge is 0.496 e. The number of rotatable bonds is 5. The molecular weight excluding hydrogens is 286 g/mol. The molecule has 0 saturated carbocycles. The standard InChI is InChI=1S/C15H21N3O4/c1-11-9-18(7-8-21-11)14(19)10-22-17-15(16)12-5-3-4-6-13(12)20-2/h3-6,11H,7-10H2,1-2H3,(H2,16,17). The van der Waals surface area contributed by atoms with Crippen molar-refractivity contribution in [1.82, 2.24) is 4.90 Å². The van der Waals surface area contributed by atoms with Crippen molar-refractivity contribution in [3.8, 4) is 5.75 Å².